The second-order valence-corrected chi connectivity index (χ2v) is 13.6. The molecule has 216 valence electrons. The highest BCUT2D eigenvalue weighted by molar-refractivity contribution is 7.93. The number of aromatic nitrogens is 2. The van der Waals surface area contributed by atoms with E-state index in [0.29, 0.717) is 30.2 Å². The molecule has 12 heteroatoms. The minimum Gasteiger partial charge on any atom is -0.486 e. The molecule has 0 bridgehead atoms. The largest absolute Gasteiger partial charge is 0.486 e. The number of carboxylic acid groups (broad SMARTS) is 1. The van der Waals surface area contributed by atoms with Crippen LogP contribution in [-0.4, -0.2) is 54.4 Å². The number of sulfonamides is 1. The summed E-state index contributed by atoms with van der Waals surface area (Å²) >= 11 is 12.2. The first kappa shape index (κ1) is 29.2. The van der Waals surface area contributed by atoms with Crippen molar-refractivity contribution in [3.63, 3.8) is 0 Å². The maximum atomic E-state index is 14.1. The summed E-state index contributed by atoms with van der Waals surface area (Å²) in [6.45, 7) is 6.26. The summed E-state index contributed by atoms with van der Waals surface area (Å²) in [6, 6.07) is 12.9. The van der Waals surface area contributed by atoms with Crippen molar-refractivity contribution in [2.75, 3.05) is 17.5 Å². The molecule has 1 N–H and O–H groups in total. The number of rotatable bonds is 8. The molecule has 2 unspecified atom stereocenters. The van der Waals surface area contributed by atoms with Crippen LogP contribution < -0.4 is 9.04 Å². The highest BCUT2D eigenvalue weighted by atomic mass is 35.5. The highest BCUT2D eigenvalue weighted by Crippen LogP contribution is 2.37. The van der Waals surface area contributed by atoms with Crippen LogP contribution in [0.4, 0.5) is 5.69 Å². The smallest absolute Gasteiger partial charge is 0.328 e. The van der Waals surface area contributed by atoms with Gasteiger partial charge in [0.25, 0.3) is 10.0 Å². The number of hydrogen-bond acceptors (Lipinski definition) is 6. The summed E-state index contributed by atoms with van der Waals surface area (Å²) in [4.78, 5) is 16.9. The van der Waals surface area contributed by atoms with Crippen molar-refractivity contribution in [1.29, 1.82) is 0 Å². The molecule has 1 fully saturated rings. The highest BCUT2D eigenvalue weighted by Gasteiger charge is 2.43. The van der Waals surface area contributed by atoms with Gasteiger partial charge in [0, 0.05) is 28.0 Å². The topological polar surface area (TPSA) is 111 Å². The van der Waals surface area contributed by atoms with Crippen LogP contribution in [0.15, 0.2) is 71.9 Å². The Kier molecular flexibility index (Phi) is 7.95. The van der Waals surface area contributed by atoms with E-state index in [0.717, 1.165) is 16.2 Å². The predicted molar refractivity (Wildman–Crippen MR) is 158 cm³/mol. The summed E-state index contributed by atoms with van der Waals surface area (Å²) in [5.74, 6) is -0.00618. The van der Waals surface area contributed by atoms with Crippen molar-refractivity contribution in [1.82, 2.24) is 9.55 Å². The SMILES string of the molecule is CC(C)(C)C(C(=O)O)N(c1ccc2c(ccn2-c2ccc(OC3CCOC3)cn2)c1)S(=O)(=O)c1cc(Cl)cc(Cl)c1. The Morgan fingerprint density at radius 1 is 1.12 bits per heavy atom. The Bertz CT molecular complexity index is 1670. The number of carboxylic acids is 1. The van der Waals surface area contributed by atoms with E-state index in [-0.39, 0.29) is 26.7 Å². The third-order valence-corrected chi connectivity index (χ3v) is 8.98. The minimum atomic E-state index is -4.41. The molecule has 4 aromatic rings. The Morgan fingerprint density at radius 2 is 1.85 bits per heavy atom. The average Bonchev–Trinajstić information content (AvgIpc) is 3.55. The molecule has 0 saturated carbocycles. The van der Waals surface area contributed by atoms with Gasteiger partial charge in [0.05, 0.1) is 35.5 Å². The van der Waals surface area contributed by atoms with Crippen molar-refractivity contribution in [2.24, 2.45) is 5.41 Å². The molecule has 0 radical (unpaired) electrons. The van der Waals surface area contributed by atoms with Crippen LogP contribution in [-0.2, 0) is 19.6 Å². The zero-order chi connectivity index (χ0) is 29.5. The van der Waals surface area contributed by atoms with E-state index in [1.165, 1.54) is 18.2 Å². The molecule has 5 rings (SSSR count). The second-order valence-electron chi connectivity index (χ2n) is 10.9. The van der Waals surface area contributed by atoms with Gasteiger partial charge >= 0.3 is 5.97 Å². The number of carbonyl (C=O) groups is 1. The third-order valence-electron chi connectivity index (χ3n) is 6.77. The molecule has 0 amide bonds. The number of benzene rings is 2. The van der Waals surface area contributed by atoms with Gasteiger partial charge in [-0.2, -0.15) is 0 Å². The molecule has 1 aliphatic rings. The van der Waals surface area contributed by atoms with E-state index in [1.807, 2.05) is 29.0 Å². The number of pyridine rings is 1. The van der Waals surface area contributed by atoms with Gasteiger partial charge in [-0.25, -0.2) is 18.2 Å². The lowest BCUT2D eigenvalue weighted by Gasteiger charge is -2.37. The number of nitrogens with zero attached hydrogens (tertiary/aromatic N) is 3. The van der Waals surface area contributed by atoms with E-state index < -0.39 is 27.4 Å². The van der Waals surface area contributed by atoms with Crippen LogP contribution in [0.25, 0.3) is 16.7 Å². The Morgan fingerprint density at radius 3 is 2.44 bits per heavy atom. The number of ether oxygens (including phenoxy) is 2. The minimum absolute atomic E-state index is 0.0124. The molecule has 2 atom stereocenters. The molecule has 2 aromatic carbocycles. The number of aliphatic carboxylic acids is 1. The lowest BCUT2D eigenvalue weighted by atomic mass is 9.86. The molecule has 41 heavy (non-hydrogen) atoms. The van der Waals surface area contributed by atoms with Crippen molar-refractivity contribution >= 4 is 55.8 Å². The van der Waals surface area contributed by atoms with Crippen molar-refractivity contribution in [3.05, 3.63) is 77.0 Å². The van der Waals surface area contributed by atoms with Crippen LogP contribution in [0.2, 0.25) is 10.0 Å². The van der Waals surface area contributed by atoms with Crippen molar-refractivity contribution in [2.45, 2.75) is 44.2 Å². The van der Waals surface area contributed by atoms with Gasteiger partial charge in [-0.05, 0) is 60.0 Å². The van der Waals surface area contributed by atoms with Crippen LogP contribution >= 0.6 is 23.2 Å². The van der Waals surface area contributed by atoms with Gasteiger partial charge in [0.15, 0.2) is 0 Å². The van der Waals surface area contributed by atoms with Gasteiger partial charge in [0.2, 0.25) is 0 Å². The average molecular weight is 619 g/mol. The van der Waals surface area contributed by atoms with Crippen molar-refractivity contribution < 1.29 is 27.8 Å². The van der Waals surface area contributed by atoms with Gasteiger partial charge in [-0.3, -0.25) is 4.31 Å². The fourth-order valence-electron chi connectivity index (χ4n) is 4.89. The lowest BCUT2D eigenvalue weighted by molar-refractivity contribution is -0.140. The fourth-order valence-corrected chi connectivity index (χ4v) is 7.40. The maximum absolute atomic E-state index is 14.1. The normalized spacial score (nSPS) is 16.6. The van der Waals surface area contributed by atoms with Crippen LogP contribution in [0.3, 0.4) is 0 Å². The zero-order valence-corrected chi connectivity index (χ0v) is 24.9. The second kappa shape index (κ2) is 11.2. The molecule has 1 aliphatic heterocycles. The molecular weight excluding hydrogens is 589 g/mol. The van der Waals surface area contributed by atoms with E-state index in [4.69, 9.17) is 32.7 Å². The molecule has 9 nitrogen and oxygen atoms in total. The third kappa shape index (κ3) is 6.01. The van der Waals surface area contributed by atoms with E-state index >= 15 is 0 Å². The number of halogens is 2. The first-order chi connectivity index (χ1) is 19.3. The molecule has 3 heterocycles. The van der Waals surface area contributed by atoms with Crippen LogP contribution in [0.1, 0.15) is 27.2 Å². The Hall–Kier alpha value is -3.31. The molecular formula is C29H29Cl2N3O6S. The number of hydrogen-bond donors (Lipinski definition) is 1. The summed E-state index contributed by atoms with van der Waals surface area (Å²) in [5, 5.41) is 11.2. The summed E-state index contributed by atoms with van der Waals surface area (Å²) in [5.41, 5.74) is -0.0328. The van der Waals surface area contributed by atoms with E-state index in [1.54, 1.807) is 45.2 Å². The van der Waals surface area contributed by atoms with Gasteiger partial charge in [-0.1, -0.05) is 44.0 Å². The van der Waals surface area contributed by atoms with Gasteiger partial charge in [-0.15, -0.1) is 0 Å². The molecule has 2 aromatic heterocycles. The molecule has 0 spiro atoms. The summed E-state index contributed by atoms with van der Waals surface area (Å²) in [7, 11) is -4.41. The van der Waals surface area contributed by atoms with Gasteiger partial charge < -0.3 is 19.1 Å². The molecule has 1 saturated heterocycles. The van der Waals surface area contributed by atoms with Crippen molar-refractivity contribution in [3.8, 4) is 11.6 Å². The Balaban J connectivity index is 1.56. The molecule has 0 aliphatic carbocycles. The summed E-state index contributed by atoms with van der Waals surface area (Å²) < 4.78 is 42.2. The van der Waals surface area contributed by atoms with E-state index in [9.17, 15) is 18.3 Å². The Labute approximate surface area is 248 Å². The first-order valence-electron chi connectivity index (χ1n) is 12.9. The van der Waals surface area contributed by atoms with Gasteiger partial charge in [0.1, 0.15) is 23.7 Å². The van der Waals surface area contributed by atoms with Crippen LogP contribution in [0, 0.1) is 5.41 Å². The summed E-state index contributed by atoms with van der Waals surface area (Å²) in [6.07, 6.45) is 4.31. The maximum Gasteiger partial charge on any atom is 0.328 e. The van der Waals surface area contributed by atoms with Crippen LogP contribution in [0.5, 0.6) is 5.75 Å². The van der Waals surface area contributed by atoms with E-state index in [2.05, 4.69) is 4.98 Å². The predicted octanol–water partition coefficient (Wildman–Crippen LogP) is 6.19. The fraction of sp³-hybridized carbons (Fsp3) is 0.310. The standard InChI is InChI=1S/C29H29Cl2N3O6S/c1-29(2,3)27(28(35)36)34(41(37,38)24-14-19(30)13-20(31)15-24)21-4-6-25-18(12-21)8-10-33(25)26-7-5-22(16-32-26)40-23-9-11-39-17-23/h4-8,10,12-16,23,27H,9,11,17H2,1-3H3,(H,35,36). The monoisotopic (exact) mass is 617 g/mol. The lowest BCUT2D eigenvalue weighted by Crippen LogP contribution is -2.52. The first-order valence-corrected chi connectivity index (χ1v) is 15.1. The number of fused-ring (bicyclic) bond motifs is 1. The quantitative estimate of drug-likeness (QED) is 0.251. The zero-order valence-electron chi connectivity index (χ0n) is 22.6. The number of anilines is 1.